The van der Waals surface area contributed by atoms with Crippen molar-refractivity contribution in [2.45, 2.75) is 248 Å². The molecule has 68 heavy (non-hydrogen) atoms. The molecule has 0 aromatic carbocycles. The van der Waals surface area contributed by atoms with Crippen LogP contribution in [0.15, 0.2) is 0 Å². The summed E-state index contributed by atoms with van der Waals surface area (Å²) in [4.78, 5) is 35.7. The van der Waals surface area contributed by atoms with Crippen LogP contribution < -0.4 is 0 Å². The van der Waals surface area contributed by atoms with E-state index < -0.39 is 11.4 Å². The number of nitrogens with zero attached hydrogens (tertiary/aromatic N) is 1. The fourth-order valence-electron chi connectivity index (χ4n) is 7.44. The molecule has 0 aliphatic rings. The third kappa shape index (κ3) is 60.1. The Morgan fingerprint density at radius 1 is 0.559 bits per heavy atom. The van der Waals surface area contributed by atoms with Gasteiger partial charge in [-0.2, -0.15) is 0 Å². The number of esters is 2. The van der Waals surface area contributed by atoms with E-state index in [1.54, 1.807) is 6.92 Å². The average molecular weight is 1320 g/mol. The minimum Gasteiger partial charge on any atom is -0.465 e. The molecule has 0 heterocycles. The van der Waals surface area contributed by atoms with E-state index >= 15 is 0 Å². The third-order valence-electron chi connectivity index (χ3n) is 12.2. The van der Waals surface area contributed by atoms with E-state index in [2.05, 4.69) is 46.4 Å². The van der Waals surface area contributed by atoms with E-state index in [4.69, 9.17) is 24.4 Å². The summed E-state index contributed by atoms with van der Waals surface area (Å²) < 4.78 is 15.7. The van der Waals surface area contributed by atoms with Crippen LogP contribution in [0.4, 0.5) is 0 Å². The maximum atomic E-state index is 11.9. The molecule has 13 heteroatoms. The predicted octanol–water partition coefficient (Wildman–Crippen LogP) is 12.6. The number of hydrogen-bond donors (Lipinski definition) is 4. The van der Waals surface area contributed by atoms with E-state index in [-0.39, 0.29) is 74.5 Å². The number of carbonyl (C=O) groups is 3. The van der Waals surface area contributed by atoms with Crippen LogP contribution in [0.25, 0.3) is 0 Å². The monoisotopic (exact) mass is 1320 g/mol. The Morgan fingerprint density at radius 2 is 0.985 bits per heavy atom. The molecule has 4 N–H and O–H groups in total. The van der Waals surface area contributed by atoms with Crippen molar-refractivity contribution in [1.82, 2.24) is 4.90 Å². The minimum atomic E-state index is -0.954. The molecule has 0 spiro atoms. The Balaban J connectivity index is -0.000000196. The standard InChI is InChI=1S/C21H42O3.C14H30O.C13H27NO4.C7H14O2.2W/c1-3-5-7-11-15-20(16-12-8-6-4-2)19-24-21(23)17-13-9-10-14-18-22;1-3-5-7-9-11-14(13-15)12-10-8-6-4-2;1-5-14(6-2)8-7-9-18-12(16)13(3,10-15)11-17-4;8-6-4-2-1-3-5-7-9;;/h20,22H,3-19H2,1-2H3;14-15H,3-13H2,1-2H3;15H,5-11H2,1-4H3;6,9H,1-5,7H2;;. The van der Waals surface area contributed by atoms with E-state index in [1.165, 1.54) is 136 Å². The van der Waals surface area contributed by atoms with Crippen molar-refractivity contribution in [1.29, 1.82) is 0 Å². The quantitative estimate of drug-likeness (QED) is 0.0261. The largest absolute Gasteiger partial charge is 0.465 e. The van der Waals surface area contributed by atoms with Crippen molar-refractivity contribution in [3.8, 4) is 0 Å². The van der Waals surface area contributed by atoms with Gasteiger partial charge in [0.05, 0.1) is 26.4 Å². The molecular weight excluding hydrogens is 1200 g/mol. The summed E-state index contributed by atoms with van der Waals surface area (Å²) in [6.45, 7) is 19.6. The zero-order chi connectivity index (χ0) is 50.2. The molecule has 1 unspecified atom stereocenters. The molecule has 0 bridgehead atoms. The Kier molecular flexibility index (Phi) is 77.7. The van der Waals surface area contributed by atoms with Crippen LogP contribution in [-0.4, -0.2) is 117 Å². The first-order valence-electron chi connectivity index (χ1n) is 27.5. The molecule has 0 aromatic heterocycles. The fraction of sp³-hybridized carbons (Fsp3) is 0.945. The number of ether oxygens (including phenoxy) is 3. The number of aliphatic hydroxyl groups excluding tert-OH is 4. The maximum absolute atomic E-state index is 11.9. The molecule has 1 atom stereocenters. The molecule has 0 aliphatic carbocycles. The van der Waals surface area contributed by atoms with Crippen molar-refractivity contribution in [2.24, 2.45) is 17.3 Å². The van der Waals surface area contributed by atoms with Gasteiger partial charge < -0.3 is 44.3 Å². The first-order valence-corrected chi connectivity index (χ1v) is 27.5. The summed E-state index contributed by atoms with van der Waals surface area (Å²) in [5.74, 6) is 0.702. The second-order valence-electron chi connectivity index (χ2n) is 18.6. The number of aliphatic hydroxyl groups is 4. The molecule has 0 amide bonds. The van der Waals surface area contributed by atoms with Crippen molar-refractivity contribution in [3.63, 3.8) is 0 Å². The molecule has 0 saturated carbocycles. The van der Waals surface area contributed by atoms with E-state index in [1.807, 2.05) is 0 Å². The van der Waals surface area contributed by atoms with Gasteiger partial charge in [-0.1, -0.05) is 170 Å². The Morgan fingerprint density at radius 3 is 1.37 bits per heavy atom. The molecular formula is C55H113NO10W2. The van der Waals surface area contributed by atoms with Crippen LogP contribution in [0, 0.1) is 17.3 Å². The first-order chi connectivity index (χ1) is 32.0. The SMILES string of the molecule is CCCCCCC(CCCCCC)COC(=O)CCCCCCO.CCCCCCC(CO)CCCCCC.CCN(CC)CCCOC(=O)C(C)(CO)COC.O=CCCCCCCO.[W].[W]. The summed E-state index contributed by atoms with van der Waals surface area (Å²) in [5, 5.41) is 35.5. The van der Waals surface area contributed by atoms with Gasteiger partial charge in [0.1, 0.15) is 11.7 Å². The van der Waals surface area contributed by atoms with Gasteiger partial charge >= 0.3 is 11.9 Å². The molecule has 0 rings (SSSR count). The second kappa shape index (κ2) is 66.7. The molecule has 0 aromatic rings. The number of methoxy groups -OCH3 is 1. The van der Waals surface area contributed by atoms with Crippen molar-refractivity contribution in [2.75, 3.05) is 73.0 Å². The summed E-state index contributed by atoms with van der Waals surface area (Å²) in [5.41, 5.74) is -0.954. The third-order valence-corrected chi connectivity index (χ3v) is 12.2. The number of carbonyl (C=O) groups excluding carboxylic acids is 3. The molecule has 0 saturated heterocycles. The van der Waals surface area contributed by atoms with Gasteiger partial charge in [-0.05, 0) is 89.6 Å². The van der Waals surface area contributed by atoms with Gasteiger partial charge in [-0.3, -0.25) is 9.59 Å². The van der Waals surface area contributed by atoms with Crippen LogP contribution in [0.3, 0.4) is 0 Å². The zero-order valence-corrected chi connectivity index (χ0v) is 51.6. The molecule has 410 valence electrons. The van der Waals surface area contributed by atoms with Crippen molar-refractivity contribution < 1.29 is 91.2 Å². The molecule has 11 nitrogen and oxygen atoms in total. The number of rotatable bonds is 45. The van der Waals surface area contributed by atoms with Gasteiger partial charge in [0.15, 0.2) is 0 Å². The van der Waals surface area contributed by atoms with Crippen LogP contribution in [0.2, 0.25) is 0 Å². The summed E-state index contributed by atoms with van der Waals surface area (Å²) >= 11 is 0. The molecule has 0 fully saturated rings. The average Bonchev–Trinajstić information content (AvgIpc) is 3.33. The first kappa shape index (κ1) is 79.2. The Hall–Kier alpha value is -0.253. The zero-order valence-electron chi connectivity index (χ0n) is 45.7. The summed E-state index contributed by atoms with van der Waals surface area (Å²) in [6, 6.07) is 0. The van der Waals surface area contributed by atoms with Crippen LogP contribution >= 0.6 is 0 Å². The van der Waals surface area contributed by atoms with Crippen LogP contribution in [0.5, 0.6) is 0 Å². The van der Waals surface area contributed by atoms with E-state index in [9.17, 15) is 24.6 Å². The Bertz CT molecular complexity index is 942. The topological polar surface area (TPSA) is 163 Å². The van der Waals surface area contributed by atoms with E-state index in [0.717, 1.165) is 83.7 Å². The van der Waals surface area contributed by atoms with Crippen LogP contribution in [-0.2, 0) is 70.7 Å². The smallest absolute Gasteiger partial charge is 0.316 e. The van der Waals surface area contributed by atoms with Gasteiger partial charge in [0, 0.05) is 88.4 Å². The van der Waals surface area contributed by atoms with Gasteiger partial charge in [0.25, 0.3) is 0 Å². The maximum Gasteiger partial charge on any atom is 0.316 e. The van der Waals surface area contributed by atoms with Crippen molar-refractivity contribution >= 4 is 18.2 Å². The fourth-order valence-corrected chi connectivity index (χ4v) is 7.44. The van der Waals surface area contributed by atoms with Crippen molar-refractivity contribution in [3.05, 3.63) is 0 Å². The number of hydrogen-bond acceptors (Lipinski definition) is 11. The van der Waals surface area contributed by atoms with Crippen LogP contribution in [0.1, 0.15) is 248 Å². The summed E-state index contributed by atoms with van der Waals surface area (Å²) in [6.07, 6.45) is 36.5. The molecule has 0 radical (unpaired) electrons. The summed E-state index contributed by atoms with van der Waals surface area (Å²) in [7, 11) is 1.50. The second-order valence-corrected chi connectivity index (χ2v) is 18.6. The van der Waals surface area contributed by atoms with Gasteiger partial charge in [-0.25, -0.2) is 0 Å². The van der Waals surface area contributed by atoms with Gasteiger partial charge in [-0.15, -0.1) is 0 Å². The normalized spacial score (nSPS) is 11.5. The minimum absolute atomic E-state index is 0. The van der Waals surface area contributed by atoms with E-state index in [0.29, 0.717) is 44.5 Å². The predicted molar refractivity (Wildman–Crippen MR) is 277 cm³/mol. The number of unbranched alkanes of at least 4 members (excludes halogenated alkanes) is 19. The Labute approximate surface area is 449 Å². The van der Waals surface area contributed by atoms with Gasteiger partial charge in [0.2, 0.25) is 0 Å². The number of aldehydes is 1. The molecule has 0 aliphatic heterocycles.